The minimum absolute atomic E-state index is 0.0494. The SMILES string of the molecule is CC(C)(C)c1cc(C2CC2)nc(F)c1Br. The third-order valence-corrected chi connectivity index (χ3v) is 3.50. The minimum Gasteiger partial charge on any atom is -0.224 e. The summed E-state index contributed by atoms with van der Waals surface area (Å²) in [4.78, 5) is 4.00. The van der Waals surface area contributed by atoms with Crippen LogP contribution in [0.3, 0.4) is 0 Å². The van der Waals surface area contributed by atoms with E-state index < -0.39 is 0 Å². The molecule has 0 saturated heterocycles. The van der Waals surface area contributed by atoms with E-state index in [0.717, 1.165) is 24.1 Å². The largest absolute Gasteiger partial charge is 0.227 e. The van der Waals surface area contributed by atoms with E-state index in [-0.39, 0.29) is 11.4 Å². The fourth-order valence-electron chi connectivity index (χ4n) is 1.65. The Morgan fingerprint density at radius 3 is 2.47 bits per heavy atom. The van der Waals surface area contributed by atoms with E-state index in [1.807, 2.05) is 6.07 Å². The van der Waals surface area contributed by atoms with Gasteiger partial charge in [0.15, 0.2) is 0 Å². The standard InChI is InChI=1S/C12H15BrFN/c1-12(2,3)8-6-9(7-4-5-7)15-11(14)10(8)13/h6-7H,4-5H2,1-3H3. The average molecular weight is 272 g/mol. The molecule has 0 bridgehead atoms. The molecule has 0 N–H and O–H groups in total. The summed E-state index contributed by atoms with van der Waals surface area (Å²) in [6.45, 7) is 6.26. The van der Waals surface area contributed by atoms with Gasteiger partial charge in [0.25, 0.3) is 0 Å². The maximum absolute atomic E-state index is 13.6. The van der Waals surface area contributed by atoms with Gasteiger partial charge in [-0.05, 0) is 45.8 Å². The average Bonchev–Trinajstić information content (AvgIpc) is 2.90. The molecule has 0 unspecified atom stereocenters. The fourth-order valence-corrected chi connectivity index (χ4v) is 2.45. The lowest BCUT2D eigenvalue weighted by Crippen LogP contribution is -2.14. The van der Waals surface area contributed by atoms with Gasteiger partial charge < -0.3 is 0 Å². The van der Waals surface area contributed by atoms with Crippen LogP contribution < -0.4 is 0 Å². The second-order valence-corrected chi connectivity index (χ2v) is 6.02. The van der Waals surface area contributed by atoms with E-state index in [1.165, 1.54) is 0 Å². The highest BCUT2D eigenvalue weighted by Crippen LogP contribution is 2.41. The normalized spacial score (nSPS) is 16.9. The molecule has 1 saturated carbocycles. The smallest absolute Gasteiger partial charge is 0.224 e. The first-order valence-electron chi connectivity index (χ1n) is 5.26. The highest BCUT2D eigenvalue weighted by atomic mass is 79.9. The lowest BCUT2D eigenvalue weighted by atomic mass is 9.87. The third kappa shape index (κ3) is 2.22. The van der Waals surface area contributed by atoms with Crippen molar-refractivity contribution >= 4 is 15.9 Å². The monoisotopic (exact) mass is 271 g/mol. The first kappa shape index (κ1) is 11.1. The van der Waals surface area contributed by atoms with Crippen LogP contribution in [0.25, 0.3) is 0 Å². The van der Waals surface area contributed by atoms with Gasteiger partial charge in [-0.3, -0.25) is 0 Å². The van der Waals surface area contributed by atoms with Crippen molar-refractivity contribution in [2.75, 3.05) is 0 Å². The van der Waals surface area contributed by atoms with Crippen LogP contribution in [0, 0.1) is 5.95 Å². The lowest BCUT2D eigenvalue weighted by molar-refractivity contribution is 0.537. The van der Waals surface area contributed by atoms with Crippen LogP contribution in [0.15, 0.2) is 10.5 Å². The lowest BCUT2D eigenvalue weighted by Gasteiger charge is -2.21. The number of pyridine rings is 1. The van der Waals surface area contributed by atoms with Gasteiger partial charge in [0.1, 0.15) is 0 Å². The summed E-state index contributed by atoms with van der Waals surface area (Å²) in [5, 5.41) is 0. The summed E-state index contributed by atoms with van der Waals surface area (Å²) in [5.74, 6) is 0.123. The Morgan fingerprint density at radius 2 is 2.00 bits per heavy atom. The summed E-state index contributed by atoms with van der Waals surface area (Å²) < 4.78 is 14.1. The van der Waals surface area contributed by atoms with Crippen molar-refractivity contribution in [2.45, 2.75) is 44.9 Å². The number of nitrogens with zero attached hydrogens (tertiary/aromatic N) is 1. The Kier molecular flexibility index (Phi) is 2.61. The molecule has 1 fully saturated rings. The van der Waals surface area contributed by atoms with E-state index in [2.05, 4.69) is 41.7 Å². The minimum atomic E-state index is -0.371. The van der Waals surface area contributed by atoms with Crippen molar-refractivity contribution in [3.8, 4) is 0 Å². The molecule has 0 amide bonds. The van der Waals surface area contributed by atoms with Crippen LogP contribution in [0.1, 0.15) is 50.8 Å². The van der Waals surface area contributed by atoms with Crippen molar-refractivity contribution in [1.29, 1.82) is 0 Å². The summed E-state index contributed by atoms with van der Waals surface area (Å²) in [7, 11) is 0. The molecular weight excluding hydrogens is 257 g/mol. The molecule has 1 aromatic rings. The maximum atomic E-state index is 13.6. The van der Waals surface area contributed by atoms with Gasteiger partial charge in [0.2, 0.25) is 5.95 Å². The summed E-state index contributed by atoms with van der Waals surface area (Å²) >= 11 is 3.28. The number of hydrogen-bond acceptors (Lipinski definition) is 1. The number of rotatable bonds is 1. The van der Waals surface area contributed by atoms with Gasteiger partial charge >= 0.3 is 0 Å². The van der Waals surface area contributed by atoms with Gasteiger partial charge in [-0.15, -0.1) is 0 Å². The van der Waals surface area contributed by atoms with E-state index in [4.69, 9.17) is 0 Å². The number of halogens is 2. The molecule has 0 radical (unpaired) electrons. The van der Waals surface area contributed by atoms with Gasteiger partial charge in [0, 0.05) is 11.6 Å². The zero-order chi connectivity index (χ0) is 11.2. The Hall–Kier alpha value is -0.440. The Morgan fingerprint density at radius 1 is 1.40 bits per heavy atom. The topological polar surface area (TPSA) is 12.9 Å². The van der Waals surface area contributed by atoms with Crippen molar-refractivity contribution < 1.29 is 4.39 Å². The van der Waals surface area contributed by atoms with Crippen LogP contribution in [0.2, 0.25) is 0 Å². The molecule has 15 heavy (non-hydrogen) atoms. The first-order valence-corrected chi connectivity index (χ1v) is 6.05. The van der Waals surface area contributed by atoms with Gasteiger partial charge in [-0.1, -0.05) is 20.8 Å². The zero-order valence-electron chi connectivity index (χ0n) is 9.27. The van der Waals surface area contributed by atoms with Crippen LogP contribution in [-0.2, 0) is 5.41 Å². The van der Waals surface area contributed by atoms with Crippen molar-refractivity contribution in [3.05, 3.63) is 27.7 Å². The maximum Gasteiger partial charge on any atom is 0.227 e. The molecule has 0 aromatic carbocycles. The molecule has 0 aliphatic heterocycles. The molecule has 0 atom stereocenters. The zero-order valence-corrected chi connectivity index (χ0v) is 10.9. The number of aromatic nitrogens is 1. The fraction of sp³-hybridized carbons (Fsp3) is 0.583. The van der Waals surface area contributed by atoms with Crippen LogP contribution in [-0.4, -0.2) is 4.98 Å². The Bertz CT molecular complexity index is 391. The third-order valence-electron chi connectivity index (χ3n) is 2.74. The first-order chi connectivity index (χ1) is 6.89. The molecule has 0 spiro atoms. The predicted molar refractivity (Wildman–Crippen MR) is 62.6 cm³/mol. The second-order valence-electron chi connectivity index (χ2n) is 5.22. The van der Waals surface area contributed by atoms with E-state index in [1.54, 1.807) is 0 Å². The quantitative estimate of drug-likeness (QED) is 0.699. The van der Waals surface area contributed by atoms with Crippen LogP contribution in [0.5, 0.6) is 0 Å². The van der Waals surface area contributed by atoms with Crippen molar-refractivity contribution in [2.24, 2.45) is 0 Å². The second kappa shape index (κ2) is 3.55. The van der Waals surface area contributed by atoms with E-state index >= 15 is 0 Å². The Labute approximate surface area is 98.2 Å². The van der Waals surface area contributed by atoms with Gasteiger partial charge in [0.05, 0.1) is 4.47 Å². The number of hydrogen-bond donors (Lipinski definition) is 0. The Balaban J connectivity index is 2.52. The van der Waals surface area contributed by atoms with Crippen LogP contribution >= 0.6 is 15.9 Å². The molecule has 1 aliphatic rings. The predicted octanol–water partition coefficient (Wildman–Crippen LogP) is 4.16. The van der Waals surface area contributed by atoms with Crippen molar-refractivity contribution in [3.63, 3.8) is 0 Å². The summed E-state index contributed by atoms with van der Waals surface area (Å²) in [6.07, 6.45) is 2.30. The highest BCUT2D eigenvalue weighted by Gasteiger charge is 2.29. The van der Waals surface area contributed by atoms with Gasteiger partial charge in [-0.25, -0.2) is 4.98 Å². The summed E-state index contributed by atoms with van der Waals surface area (Å²) in [5.41, 5.74) is 1.88. The molecule has 82 valence electrons. The van der Waals surface area contributed by atoms with E-state index in [9.17, 15) is 4.39 Å². The van der Waals surface area contributed by atoms with Gasteiger partial charge in [-0.2, -0.15) is 4.39 Å². The summed E-state index contributed by atoms with van der Waals surface area (Å²) in [6, 6.07) is 2.05. The molecule has 1 aliphatic carbocycles. The molecule has 1 nitrogen and oxygen atoms in total. The van der Waals surface area contributed by atoms with Crippen molar-refractivity contribution in [1.82, 2.24) is 4.98 Å². The highest BCUT2D eigenvalue weighted by molar-refractivity contribution is 9.10. The molecule has 2 rings (SSSR count). The molecule has 1 aromatic heterocycles. The van der Waals surface area contributed by atoms with E-state index in [0.29, 0.717) is 10.4 Å². The molecule has 1 heterocycles. The molecular formula is C12H15BrFN. The van der Waals surface area contributed by atoms with Crippen LogP contribution in [0.4, 0.5) is 4.39 Å². The molecule has 3 heteroatoms.